The van der Waals surface area contributed by atoms with Gasteiger partial charge in [-0.3, -0.25) is 4.57 Å². The van der Waals surface area contributed by atoms with E-state index < -0.39 is 6.10 Å². The van der Waals surface area contributed by atoms with Gasteiger partial charge in [0.25, 0.3) is 0 Å². The Bertz CT molecular complexity index is 628. The number of hydrogen-bond acceptors (Lipinski definition) is 5. The number of nitrogens with one attached hydrogen (secondary N) is 1. The number of nitrogens with zero attached hydrogens (tertiary/aromatic N) is 3. The monoisotopic (exact) mass is 278 g/mol. The number of aliphatic hydroxyl groups is 1. The molecule has 100 valence electrons. The van der Waals surface area contributed by atoms with Crippen LogP contribution < -0.4 is 5.69 Å². The van der Waals surface area contributed by atoms with Crippen LogP contribution >= 0.6 is 11.8 Å². The largest absolute Gasteiger partial charge is 0.389 e. The second-order valence-electron chi connectivity index (χ2n) is 4.62. The normalized spacial score (nSPS) is 16.5. The van der Waals surface area contributed by atoms with Crippen LogP contribution in [0.25, 0.3) is 0 Å². The summed E-state index contributed by atoms with van der Waals surface area (Å²) in [4.78, 5) is 15.9. The Morgan fingerprint density at radius 2 is 2.32 bits per heavy atom. The molecule has 1 atom stereocenters. The highest BCUT2D eigenvalue weighted by Gasteiger charge is 2.28. The molecule has 0 aliphatic heterocycles. The molecule has 2 heterocycles. The van der Waals surface area contributed by atoms with Crippen molar-refractivity contribution in [3.8, 4) is 0 Å². The summed E-state index contributed by atoms with van der Waals surface area (Å²) in [5, 5.41) is 17.3. The molecule has 2 aromatic rings. The molecule has 19 heavy (non-hydrogen) atoms. The average molecular weight is 278 g/mol. The van der Waals surface area contributed by atoms with Gasteiger partial charge in [-0.1, -0.05) is 6.07 Å². The van der Waals surface area contributed by atoms with Gasteiger partial charge in [0.1, 0.15) is 5.03 Å². The number of aromatic nitrogens is 4. The van der Waals surface area contributed by atoms with E-state index >= 15 is 0 Å². The van der Waals surface area contributed by atoms with Gasteiger partial charge in [0, 0.05) is 12.2 Å². The Hall–Kier alpha value is -1.60. The summed E-state index contributed by atoms with van der Waals surface area (Å²) in [6, 6.07) is 3.93. The van der Waals surface area contributed by atoms with Gasteiger partial charge in [-0.15, -0.1) is 5.10 Å². The Labute approximate surface area is 113 Å². The minimum absolute atomic E-state index is 0.161. The minimum atomic E-state index is -0.526. The van der Waals surface area contributed by atoms with E-state index in [0.717, 1.165) is 23.4 Å². The molecule has 1 fully saturated rings. The number of aliphatic hydroxyl groups excluding tert-OH is 1. The molecular formula is C12H14N4O2S. The van der Waals surface area contributed by atoms with Crippen molar-refractivity contribution >= 4 is 11.8 Å². The van der Waals surface area contributed by atoms with Crippen LogP contribution in [0.2, 0.25) is 0 Å². The molecule has 0 radical (unpaired) electrons. The third-order valence-electron chi connectivity index (χ3n) is 3.02. The Balaban J connectivity index is 1.83. The Morgan fingerprint density at radius 1 is 1.53 bits per heavy atom. The molecule has 6 nitrogen and oxygen atoms in total. The summed E-state index contributed by atoms with van der Waals surface area (Å²) in [5.41, 5.74) is 0.608. The SMILES string of the molecule is C[C@H](O)c1ccc(Sc2n[nH]c(=O)n2C2CC2)nc1. The van der Waals surface area contributed by atoms with E-state index in [1.165, 1.54) is 11.8 Å². The fourth-order valence-corrected chi connectivity index (χ4v) is 2.66. The van der Waals surface area contributed by atoms with Gasteiger partial charge in [0.05, 0.1) is 6.10 Å². The first-order valence-electron chi connectivity index (χ1n) is 6.14. The van der Waals surface area contributed by atoms with Crippen molar-refractivity contribution in [1.82, 2.24) is 19.7 Å². The number of H-pyrrole nitrogens is 1. The highest BCUT2D eigenvalue weighted by atomic mass is 32.2. The van der Waals surface area contributed by atoms with Gasteiger partial charge in [-0.05, 0) is 43.2 Å². The maximum atomic E-state index is 11.6. The Morgan fingerprint density at radius 3 is 2.89 bits per heavy atom. The maximum Gasteiger partial charge on any atom is 0.344 e. The van der Waals surface area contributed by atoms with Crippen LogP contribution in [0.1, 0.15) is 37.5 Å². The van der Waals surface area contributed by atoms with Crippen LogP contribution in [0.5, 0.6) is 0 Å². The van der Waals surface area contributed by atoms with Crippen molar-refractivity contribution < 1.29 is 5.11 Å². The van der Waals surface area contributed by atoms with E-state index in [0.29, 0.717) is 5.16 Å². The molecule has 3 rings (SSSR count). The summed E-state index contributed by atoms with van der Waals surface area (Å²) in [6.45, 7) is 1.70. The van der Waals surface area contributed by atoms with Crippen molar-refractivity contribution in [2.75, 3.05) is 0 Å². The fourth-order valence-electron chi connectivity index (χ4n) is 1.81. The molecule has 0 aromatic carbocycles. The smallest absolute Gasteiger partial charge is 0.344 e. The number of rotatable bonds is 4. The molecule has 2 N–H and O–H groups in total. The van der Waals surface area contributed by atoms with Crippen molar-refractivity contribution in [3.63, 3.8) is 0 Å². The zero-order valence-corrected chi connectivity index (χ0v) is 11.2. The molecule has 7 heteroatoms. The molecule has 1 saturated carbocycles. The van der Waals surface area contributed by atoms with Crippen LogP contribution in [-0.4, -0.2) is 24.9 Å². The minimum Gasteiger partial charge on any atom is -0.389 e. The van der Waals surface area contributed by atoms with E-state index in [9.17, 15) is 9.90 Å². The zero-order valence-electron chi connectivity index (χ0n) is 10.4. The standard InChI is InChI=1S/C12H14N4O2S/c1-7(17)8-2-5-10(13-6-8)19-12-15-14-11(18)16(12)9-3-4-9/h2,5-7,9,17H,3-4H2,1H3,(H,14,18)/t7-/m0/s1. The van der Waals surface area contributed by atoms with E-state index in [1.54, 1.807) is 17.7 Å². The van der Waals surface area contributed by atoms with Crippen LogP contribution in [-0.2, 0) is 0 Å². The van der Waals surface area contributed by atoms with Crippen LogP contribution in [0.15, 0.2) is 33.3 Å². The molecule has 2 aromatic heterocycles. The second kappa shape index (κ2) is 4.82. The number of hydrogen-bond donors (Lipinski definition) is 2. The number of pyridine rings is 1. The van der Waals surface area contributed by atoms with E-state index in [4.69, 9.17) is 0 Å². The van der Waals surface area contributed by atoms with Gasteiger partial charge in [-0.2, -0.15) is 0 Å². The van der Waals surface area contributed by atoms with Crippen LogP contribution in [0.4, 0.5) is 0 Å². The fraction of sp³-hybridized carbons (Fsp3) is 0.417. The van der Waals surface area contributed by atoms with Crippen molar-refractivity contribution in [2.45, 2.75) is 42.1 Å². The molecule has 1 aliphatic carbocycles. The van der Waals surface area contributed by atoms with Gasteiger partial charge in [-0.25, -0.2) is 14.9 Å². The molecule has 0 saturated heterocycles. The summed E-state index contributed by atoms with van der Waals surface area (Å²) in [5.74, 6) is 0. The summed E-state index contributed by atoms with van der Waals surface area (Å²) in [6.07, 6.45) is 3.17. The first-order valence-corrected chi connectivity index (χ1v) is 6.95. The zero-order chi connectivity index (χ0) is 13.4. The van der Waals surface area contributed by atoms with E-state index in [1.807, 2.05) is 12.1 Å². The predicted molar refractivity (Wildman–Crippen MR) is 70.1 cm³/mol. The van der Waals surface area contributed by atoms with Gasteiger partial charge < -0.3 is 5.11 Å². The first-order chi connectivity index (χ1) is 9.15. The lowest BCUT2D eigenvalue weighted by molar-refractivity contribution is 0.198. The first kappa shape index (κ1) is 12.4. The molecule has 0 spiro atoms. The quantitative estimate of drug-likeness (QED) is 0.885. The lowest BCUT2D eigenvalue weighted by atomic mass is 10.2. The van der Waals surface area contributed by atoms with Crippen molar-refractivity contribution in [1.29, 1.82) is 0 Å². The van der Waals surface area contributed by atoms with Gasteiger partial charge in [0.15, 0.2) is 5.16 Å². The third kappa shape index (κ3) is 2.57. The summed E-state index contributed by atoms with van der Waals surface area (Å²) >= 11 is 1.35. The van der Waals surface area contributed by atoms with E-state index in [-0.39, 0.29) is 11.7 Å². The third-order valence-corrected chi connectivity index (χ3v) is 3.94. The van der Waals surface area contributed by atoms with Crippen LogP contribution in [0.3, 0.4) is 0 Å². The maximum absolute atomic E-state index is 11.6. The number of aromatic amines is 1. The van der Waals surface area contributed by atoms with Crippen LogP contribution in [0, 0.1) is 0 Å². The molecule has 0 unspecified atom stereocenters. The summed E-state index contributed by atoms with van der Waals surface area (Å²) in [7, 11) is 0. The molecule has 0 amide bonds. The summed E-state index contributed by atoms with van der Waals surface area (Å²) < 4.78 is 1.69. The van der Waals surface area contributed by atoms with Crippen molar-refractivity contribution in [3.05, 3.63) is 34.4 Å². The molecular weight excluding hydrogens is 264 g/mol. The highest BCUT2D eigenvalue weighted by molar-refractivity contribution is 7.99. The lowest BCUT2D eigenvalue weighted by Crippen LogP contribution is -2.16. The second-order valence-corrected chi connectivity index (χ2v) is 5.61. The average Bonchev–Trinajstić information content (AvgIpc) is 3.16. The van der Waals surface area contributed by atoms with Crippen molar-refractivity contribution in [2.24, 2.45) is 0 Å². The predicted octanol–water partition coefficient (Wildman–Crippen LogP) is 1.51. The van der Waals surface area contributed by atoms with Gasteiger partial charge >= 0.3 is 5.69 Å². The molecule has 0 bridgehead atoms. The highest BCUT2D eigenvalue weighted by Crippen LogP contribution is 2.37. The lowest BCUT2D eigenvalue weighted by Gasteiger charge is -2.05. The van der Waals surface area contributed by atoms with Gasteiger partial charge in [0.2, 0.25) is 0 Å². The Kier molecular flexibility index (Phi) is 3.16. The topological polar surface area (TPSA) is 83.8 Å². The van der Waals surface area contributed by atoms with E-state index in [2.05, 4.69) is 15.2 Å². The molecule has 1 aliphatic rings.